The van der Waals surface area contributed by atoms with Gasteiger partial charge in [-0.3, -0.25) is 4.79 Å². The molecule has 0 spiro atoms. The van der Waals surface area contributed by atoms with E-state index in [2.05, 4.69) is 32.3 Å². The van der Waals surface area contributed by atoms with Gasteiger partial charge in [-0.1, -0.05) is 32.9 Å². The van der Waals surface area contributed by atoms with E-state index in [1.807, 2.05) is 27.7 Å². The molecule has 0 aliphatic carbocycles. The molecule has 8 nitrogen and oxygen atoms in total. The molecule has 1 aliphatic rings. The highest BCUT2D eigenvalue weighted by atomic mass is 127. The van der Waals surface area contributed by atoms with Gasteiger partial charge in [0.15, 0.2) is 11.8 Å². The monoisotopic (exact) mass is 479 g/mol. The molecule has 1 N–H and O–H groups in total. The van der Waals surface area contributed by atoms with Gasteiger partial charge in [0.2, 0.25) is 5.89 Å². The summed E-state index contributed by atoms with van der Waals surface area (Å²) in [7, 11) is 1.43. The second kappa shape index (κ2) is 9.52. The van der Waals surface area contributed by atoms with Gasteiger partial charge in [0.05, 0.1) is 13.0 Å². The van der Waals surface area contributed by atoms with Gasteiger partial charge in [-0.25, -0.2) is 4.99 Å². The number of carbonyl (C=O) groups is 1. The smallest absolute Gasteiger partial charge is 0.310 e. The summed E-state index contributed by atoms with van der Waals surface area (Å²) < 4.78 is 10.2. The molecule has 1 saturated heterocycles. The van der Waals surface area contributed by atoms with Crippen LogP contribution in [0.4, 0.5) is 0 Å². The summed E-state index contributed by atoms with van der Waals surface area (Å²) in [5.74, 6) is 1.82. The first-order valence-corrected chi connectivity index (χ1v) is 8.70. The second-order valence-electron chi connectivity index (χ2n) is 7.45. The molecule has 148 valence electrons. The van der Waals surface area contributed by atoms with Crippen LogP contribution >= 0.6 is 24.0 Å². The largest absolute Gasteiger partial charge is 0.469 e. The Kier molecular flexibility index (Phi) is 8.29. The van der Waals surface area contributed by atoms with Crippen LogP contribution in [0.3, 0.4) is 0 Å². The van der Waals surface area contributed by atoms with Crippen molar-refractivity contribution in [3.8, 4) is 0 Å². The maximum atomic E-state index is 11.9. The van der Waals surface area contributed by atoms with Crippen LogP contribution in [-0.4, -0.2) is 53.7 Å². The third-order valence-electron chi connectivity index (χ3n) is 4.23. The van der Waals surface area contributed by atoms with Crippen LogP contribution in [0, 0.1) is 11.8 Å². The van der Waals surface area contributed by atoms with Crippen molar-refractivity contribution in [3.05, 3.63) is 11.7 Å². The predicted molar refractivity (Wildman–Crippen MR) is 109 cm³/mol. The molecule has 2 unspecified atom stereocenters. The molecule has 2 rings (SSSR count). The van der Waals surface area contributed by atoms with Gasteiger partial charge in [-0.05, 0) is 12.8 Å². The molecule has 2 atom stereocenters. The number of guanidine groups is 1. The molecular formula is C17H30IN5O3. The Morgan fingerprint density at radius 2 is 2.12 bits per heavy atom. The highest BCUT2D eigenvalue weighted by molar-refractivity contribution is 14.0. The number of carbonyl (C=O) groups excluding carboxylic acids is 1. The normalized spacial score (nSPS) is 20.7. The summed E-state index contributed by atoms with van der Waals surface area (Å²) >= 11 is 0. The van der Waals surface area contributed by atoms with Crippen molar-refractivity contribution in [1.29, 1.82) is 0 Å². The minimum atomic E-state index is -0.183. The number of ether oxygens (including phenoxy) is 1. The van der Waals surface area contributed by atoms with Gasteiger partial charge in [0.25, 0.3) is 0 Å². The van der Waals surface area contributed by atoms with Crippen LogP contribution in [0.25, 0.3) is 0 Å². The number of methoxy groups -OCH3 is 1. The number of aromatic nitrogens is 2. The first kappa shape index (κ1) is 22.7. The van der Waals surface area contributed by atoms with E-state index in [1.54, 1.807) is 0 Å². The zero-order valence-corrected chi connectivity index (χ0v) is 18.7. The van der Waals surface area contributed by atoms with E-state index in [9.17, 15) is 4.79 Å². The van der Waals surface area contributed by atoms with Crippen molar-refractivity contribution < 1.29 is 14.1 Å². The van der Waals surface area contributed by atoms with Crippen molar-refractivity contribution in [2.24, 2.45) is 16.8 Å². The minimum absolute atomic E-state index is 0. The van der Waals surface area contributed by atoms with E-state index >= 15 is 0 Å². The summed E-state index contributed by atoms with van der Waals surface area (Å²) in [6.07, 6.45) is 0. The topological polar surface area (TPSA) is 92.9 Å². The third kappa shape index (κ3) is 5.55. The molecule has 26 heavy (non-hydrogen) atoms. The Bertz CT molecular complexity index is 626. The van der Waals surface area contributed by atoms with Gasteiger partial charge in [0.1, 0.15) is 6.54 Å². The first-order valence-electron chi connectivity index (χ1n) is 8.70. The zero-order chi connectivity index (χ0) is 18.6. The van der Waals surface area contributed by atoms with E-state index in [0.717, 1.165) is 19.0 Å². The molecule has 0 saturated carbocycles. The molecule has 0 bridgehead atoms. The molecule has 1 aromatic rings. The molecule has 0 aromatic carbocycles. The zero-order valence-electron chi connectivity index (χ0n) is 16.4. The Labute approximate surface area is 172 Å². The lowest BCUT2D eigenvalue weighted by atomic mass is 9.97. The number of rotatable bonds is 4. The molecule has 0 radical (unpaired) electrons. The first-order chi connectivity index (χ1) is 11.8. The maximum Gasteiger partial charge on any atom is 0.310 e. The standard InChI is InChI=1S/C17H29N5O3.HI/c1-7-18-16(22-9-11(2)12(10-22)14(23)24-6)19-8-13-20-15(25-21-13)17(3,4)5;/h11-12H,7-10H2,1-6H3,(H,18,19);1H. The van der Waals surface area contributed by atoms with Crippen molar-refractivity contribution >= 4 is 35.9 Å². The summed E-state index contributed by atoms with van der Waals surface area (Å²) in [5, 5.41) is 7.27. The van der Waals surface area contributed by atoms with Crippen LogP contribution in [0.1, 0.15) is 46.3 Å². The van der Waals surface area contributed by atoms with Crippen molar-refractivity contribution in [3.63, 3.8) is 0 Å². The lowest BCUT2D eigenvalue weighted by molar-refractivity contribution is -0.145. The average molecular weight is 479 g/mol. The molecular weight excluding hydrogens is 449 g/mol. The van der Waals surface area contributed by atoms with Gasteiger partial charge in [-0.2, -0.15) is 4.98 Å². The van der Waals surface area contributed by atoms with Crippen LogP contribution in [0.5, 0.6) is 0 Å². The summed E-state index contributed by atoms with van der Waals surface area (Å²) in [5.41, 5.74) is -0.183. The van der Waals surface area contributed by atoms with Crippen LogP contribution in [0.2, 0.25) is 0 Å². The molecule has 2 heterocycles. The average Bonchev–Trinajstić information content (AvgIpc) is 3.17. The number of likely N-dealkylation sites (tertiary alicyclic amines) is 1. The van der Waals surface area contributed by atoms with E-state index in [-0.39, 0.29) is 47.2 Å². The Hall–Kier alpha value is -1.39. The fourth-order valence-electron chi connectivity index (χ4n) is 2.79. The third-order valence-corrected chi connectivity index (χ3v) is 4.23. The maximum absolute atomic E-state index is 11.9. The molecule has 9 heteroatoms. The highest BCUT2D eigenvalue weighted by Crippen LogP contribution is 2.24. The SMILES string of the molecule is CCNC(=NCc1noc(C(C)(C)C)n1)N1CC(C)C(C(=O)OC)C1.I. The molecule has 1 fully saturated rings. The summed E-state index contributed by atoms with van der Waals surface area (Å²) in [4.78, 5) is 23.0. The van der Waals surface area contributed by atoms with Gasteiger partial charge < -0.3 is 19.5 Å². The van der Waals surface area contributed by atoms with E-state index in [0.29, 0.717) is 24.8 Å². The number of nitrogens with zero attached hydrogens (tertiary/aromatic N) is 4. The fourth-order valence-corrected chi connectivity index (χ4v) is 2.79. The predicted octanol–water partition coefficient (Wildman–Crippen LogP) is 2.19. The van der Waals surface area contributed by atoms with Crippen molar-refractivity contribution in [1.82, 2.24) is 20.4 Å². The van der Waals surface area contributed by atoms with Crippen molar-refractivity contribution in [2.75, 3.05) is 26.7 Å². The summed E-state index contributed by atoms with van der Waals surface area (Å²) in [6, 6.07) is 0. The number of nitrogens with one attached hydrogen (secondary N) is 1. The lowest BCUT2D eigenvalue weighted by Crippen LogP contribution is -2.40. The lowest BCUT2D eigenvalue weighted by Gasteiger charge is -2.21. The van der Waals surface area contributed by atoms with Crippen molar-refractivity contribution in [2.45, 2.75) is 46.6 Å². The second-order valence-corrected chi connectivity index (χ2v) is 7.45. The number of hydrogen-bond donors (Lipinski definition) is 1. The van der Waals surface area contributed by atoms with E-state index in [1.165, 1.54) is 7.11 Å². The molecule has 1 aliphatic heterocycles. The quantitative estimate of drug-likeness (QED) is 0.306. The molecule has 0 amide bonds. The fraction of sp³-hybridized carbons (Fsp3) is 0.765. The van der Waals surface area contributed by atoms with E-state index < -0.39 is 0 Å². The molecule has 1 aromatic heterocycles. The number of hydrogen-bond acceptors (Lipinski definition) is 6. The van der Waals surface area contributed by atoms with Gasteiger partial charge in [-0.15, -0.1) is 24.0 Å². The van der Waals surface area contributed by atoms with Crippen LogP contribution in [-0.2, 0) is 21.5 Å². The number of aliphatic imine (C=N–C) groups is 1. The minimum Gasteiger partial charge on any atom is -0.469 e. The Balaban J connectivity index is 0.00000338. The van der Waals surface area contributed by atoms with E-state index in [4.69, 9.17) is 9.26 Å². The Morgan fingerprint density at radius 3 is 2.65 bits per heavy atom. The van der Waals surface area contributed by atoms with Crippen LogP contribution < -0.4 is 5.32 Å². The number of esters is 1. The van der Waals surface area contributed by atoms with Gasteiger partial charge >= 0.3 is 5.97 Å². The highest BCUT2D eigenvalue weighted by Gasteiger charge is 2.36. The van der Waals surface area contributed by atoms with Gasteiger partial charge in [0, 0.05) is 25.0 Å². The van der Waals surface area contributed by atoms with Crippen LogP contribution in [0.15, 0.2) is 9.52 Å². The summed E-state index contributed by atoms with van der Waals surface area (Å²) in [6.45, 7) is 12.6. The number of halogens is 1. The Morgan fingerprint density at radius 1 is 1.42 bits per heavy atom.